The van der Waals surface area contributed by atoms with Gasteiger partial charge in [-0.3, -0.25) is 4.79 Å². The van der Waals surface area contributed by atoms with Gasteiger partial charge >= 0.3 is 0 Å². The van der Waals surface area contributed by atoms with E-state index in [1.165, 1.54) is 6.08 Å². The first-order chi connectivity index (χ1) is 6.83. The van der Waals surface area contributed by atoms with Crippen LogP contribution in [0.5, 0.6) is 0 Å². The largest absolute Gasteiger partial charge is 0.352 e. The lowest BCUT2D eigenvalue weighted by molar-refractivity contribution is -0.116. The Bertz CT molecular complexity index is 308. The second-order valence-electron chi connectivity index (χ2n) is 2.72. The van der Waals surface area contributed by atoms with Crippen LogP contribution >= 0.6 is 15.9 Å². The lowest BCUT2D eigenvalue weighted by Gasteiger charge is -1.96. The van der Waals surface area contributed by atoms with E-state index in [2.05, 4.69) is 21.2 Å². The molecule has 0 aromatic heterocycles. The van der Waals surface area contributed by atoms with E-state index in [4.69, 9.17) is 0 Å². The molecule has 0 fully saturated rings. The highest BCUT2D eigenvalue weighted by atomic mass is 79.9. The Morgan fingerprint density at radius 3 is 2.71 bits per heavy atom. The van der Waals surface area contributed by atoms with Crippen molar-refractivity contribution in [2.75, 3.05) is 11.9 Å². The van der Waals surface area contributed by atoms with E-state index < -0.39 is 0 Å². The number of hydrogen-bond acceptors (Lipinski definition) is 1. The van der Waals surface area contributed by atoms with Crippen molar-refractivity contribution in [3.63, 3.8) is 0 Å². The minimum Gasteiger partial charge on any atom is -0.352 e. The molecule has 14 heavy (non-hydrogen) atoms. The average Bonchev–Trinajstić information content (AvgIpc) is 2.25. The highest BCUT2D eigenvalue weighted by Gasteiger charge is 1.92. The van der Waals surface area contributed by atoms with E-state index in [-0.39, 0.29) is 5.91 Å². The zero-order valence-electron chi connectivity index (χ0n) is 7.74. The van der Waals surface area contributed by atoms with Gasteiger partial charge in [0.1, 0.15) is 0 Å². The second kappa shape index (κ2) is 6.38. The number of halogens is 1. The summed E-state index contributed by atoms with van der Waals surface area (Å²) in [6, 6.07) is 9.73. The van der Waals surface area contributed by atoms with Crippen LogP contribution in [0.2, 0.25) is 0 Å². The molecule has 0 heterocycles. The van der Waals surface area contributed by atoms with Gasteiger partial charge in [-0.05, 0) is 11.6 Å². The van der Waals surface area contributed by atoms with Gasteiger partial charge < -0.3 is 5.32 Å². The maximum atomic E-state index is 11.2. The van der Waals surface area contributed by atoms with Crippen molar-refractivity contribution in [2.24, 2.45) is 0 Å². The van der Waals surface area contributed by atoms with Crippen LogP contribution in [0.25, 0.3) is 6.08 Å². The zero-order chi connectivity index (χ0) is 10.2. The third kappa shape index (κ3) is 4.23. The third-order valence-electron chi connectivity index (χ3n) is 1.62. The number of benzene rings is 1. The molecule has 3 heteroatoms. The standard InChI is InChI=1S/C11H12BrNO/c12-8-9-13-11(14)7-6-10-4-2-1-3-5-10/h1-7H,8-9H2,(H,13,14)/b7-6+. The molecule has 0 spiro atoms. The van der Waals surface area contributed by atoms with Gasteiger partial charge in [-0.2, -0.15) is 0 Å². The number of alkyl halides is 1. The summed E-state index contributed by atoms with van der Waals surface area (Å²) in [6.07, 6.45) is 3.33. The summed E-state index contributed by atoms with van der Waals surface area (Å²) in [4.78, 5) is 11.2. The molecule has 0 bridgehead atoms. The summed E-state index contributed by atoms with van der Waals surface area (Å²) in [6.45, 7) is 0.651. The highest BCUT2D eigenvalue weighted by molar-refractivity contribution is 9.09. The highest BCUT2D eigenvalue weighted by Crippen LogP contribution is 2.00. The first kappa shape index (κ1) is 11.0. The number of amides is 1. The van der Waals surface area contributed by atoms with Gasteiger partial charge in [0.15, 0.2) is 0 Å². The van der Waals surface area contributed by atoms with Crippen molar-refractivity contribution in [1.82, 2.24) is 5.32 Å². The fourth-order valence-electron chi connectivity index (χ4n) is 0.965. The predicted molar refractivity (Wildman–Crippen MR) is 62.3 cm³/mol. The maximum Gasteiger partial charge on any atom is 0.244 e. The Labute approximate surface area is 92.1 Å². The first-order valence-electron chi connectivity index (χ1n) is 4.40. The van der Waals surface area contributed by atoms with E-state index in [0.29, 0.717) is 6.54 Å². The van der Waals surface area contributed by atoms with Crippen LogP contribution in [0.3, 0.4) is 0 Å². The van der Waals surface area contributed by atoms with Crippen LogP contribution in [0.15, 0.2) is 36.4 Å². The summed E-state index contributed by atoms with van der Waals surface area (Å²) in [5.41, 5.74) is 1.03. The smallest absolute Gasteiger partial charge is 0.244 e. The lowest BCUT2D eigenvalue weighted by atomic mass is 10.2. The summed E-state index contributed by atoms with van der Waals surface area (Å²) in [7, 11) is 0. The SMILES string of the molecule is O=C(/C=C/c1ccccc1)NCCBr. The molecule has 0 saturated heterocycles. The molecule has 1 rings (SSSR count). The molecule has 0 aliphatic carbocycles. The van der Waals surface area contributed by atoms with Gasteiger partial charge in [0.2, 0.25) is 5.91 Å². The molecule has 74 valence electrons. The third-order valence-corrected chi connectivity index (χ3v) is 2.02. The Hall–Kier alpha value is -1.09. The maximum absolute atomic E-state index is 11.2. The van der Waals surface area contributed by atoms with E-state index >= 15 is 0 Å². The predicted octanol–water partition coefficient (Wildman–Crippen LogP) is 2.21. The van der Waals surface area contributed by atoms with E-state index in [1.54, 1.807) is 6.08 Å². The van der Waals surface area contributed by atoms with Gasteiger partial charge in [-0.25, -0.2) is 0 Å². The number of hydrogen-bond donors (Lipinski definition) is 1. The van der Waals surface area contributed by atoms with Crippen molar-refractivity contribution in [3.05, 3.63) is 42.0 Å². The van der Waals surface area contributed by atoms with Gasteiger partial charge in [-0.1, -0.05) is 46.3 Å². The van der Waals surface area contributed by atoms with Crippen LogP contribution in [0, 0.1) is 0 Å². The fourth-order valence-corrected chi connectivity index (χ4v) is 1.16. The van der Waals surface area contributed by atoms with Crippen molar-refractivity contribution in [3.8, 4) is 0 Å². The number of carbonyl (C=O) groups excluding carboxylic acids is 1. The van der Waals surface area contributed by atoms with E-state index in [1.807, 2.05) is 30.3 Å². The molecule has 0 atom stereocenters. The Balaban J connectivity index is 2.44. The quantitative estimate of drug-likeness (QED) is 0.647. The Kier molecular flexibility index (Phi) is 5.00. The molecule has 1 aromatic rings. The molecule has 0 saturated carbocycles. The number of nitrogens with one attached hydrogen (secondary N) is 1. The lowest BCUT2D eigenvalue weighted by Crippen LogP contribution is -2.22. The minimum atomic E-state index is -0.0618. The number of rotatable bonds is 4. The zero-order valence-corrected chi connectivity index (χ0v) is 9.33. The van der Waals surface area contributed by atoms with Gasteiger partial charge in [-0.15, -0.1) is 0 Å². The summed E-state index contributed by atoms with van der Waals surface area (Å²) < 4.78 is 0. The molecule has 0 aliphatic rings. The van der Waals surface area contributed by atoms with E-state index in [9.17, 15) is 4.79 Å². The van der Waals surface area contributed by atoms with Crippen LogP contribution in [-0.2, 0) is 4.79 Å². The van der Waals surface area contributed by atoms with Crippen LogP contribution in [0.1, 0.15) is 5.56 Å². The second-order valence-corrected chi connectivity index (χ2v) is 3.52. The topological polar surface area (TPSA) is 29.1 Å². The molecule has 0 aliphatic heterocycles. The average molecular weight is 254 g/mol. The molecule has 0 unspecified atom stereocenters. The van der Waals surface area contributed by atoms with Crippen molar-refractivity contribution < 1.29 is 4.79 Å². The Morgan fingerprint density at radius 1 is 1.36 bits per heavy atom. The van der Waals surface area contributed by atoms with Crippen molar-refractivity contribution in [2.45, 2.75) is 0 Å². The molecule has 0 radical (unpaired) electrons. The molecule has 1 amide bonds. The number of carbonyl (C=O) groups is 1. The minimum absolute atomic E-state index is 0.0618. The van der Waals surface area contributed by atoms with Crippen LogP contribution < -0.4 is 5.32 Å². The van der Waals surface area contributed by atoms with Gasteiger partial charge in [0.25, 0.3) is 0 Å². The Morgan fingerprint density at radius 2 is 2.07 bits per heavy atom. The fraction of sp³-hybridized carbons (Fsp3) is 0.182. The van der Waals surface area contributed by atoms with Gasteiger partial charge in [0.05, 0.1) is 0 Å². The molecule has 1 aromatic carbocycles. The van der Waals surface area contributed by atoms with E-state index in [0.717, 1.165) is 10.9 Å². The summed E-state index contributed by atoms with van der Waals surface area (Å²) in [5, 5.41) is 3.51. The molecular weight excluding hydrogens is 242 g/mol. The molecule has 2 nitrogen and oxygen atoms in total. The molecular formula is C11H12BrNO. The van der Waals surface area contributed by atoms with Gasteiger partial charge in [0, 0.05) is 18.0 Å². The normalized spacial score (nSPS) is 10.4. The van der Waals surface area contributed by atoms with Crippen molar-refractivity contribution in [1.29, 1.82) is 0 Å². The van der Waals surface area contributed by atoms with Crippen molar-refractivity contribution >= 4 is 27.9 Å². The summed E-state index contributed by atoms with van der Waals surface area (Å²) >= 11 is 3.24. The molecule has 1 N–H and O–H groups in total. The summed E-state index contributed by atoms with van der Waals surface area (Å²) in [5.74, 6) is -0.0618. The monoisotopic (exact) mass is 253 g/mol. The van der Waals surface area contributed by atoms with Crippen LogP contribution in [0.4, 0.5) is 0 Å². The first-order valence-corrected chi connectivity index (χ1v) is 5.52. The van der Waals surface area contributed by atoms with Crippen LogP contribution in [-0.4, -0.2) is 17.8 Å².